The minimum absolute atomic E-state index is 0.0259. The molecule has 1 saturated carbocycles. The molecule has 1 saturated heterocycles. The smallest absolute Gasteiger partial charge is 0.134 e. The van der Waals surface area contributed by atoms with Crippen molar-refractivity contribution in [2.75, 3.05) is 19.7 Å². The topological polar surface area (TPSA) is 60.8 Å². The molecular formula is C11H19NO3. The van der Waals surface area contributed by atoms with Crippen molar-refractivity contribution in [1.29, 1.82) is 0 Å². The third kappa shape index (κ3) is 2.38. The van der Waals surface area contributed by atoms with E-state index >= 15 is 0 Å². The van der Waals surface area contributed by atoms with E-state index in [9.17, 15) is 9.90 Å². The lowest BCUT2D eigenvalue weighted by molar-refractivity contribution is -0.121. The van der Waals surface area contributed by atoms with Crippen LogP contribution in [-0.4, -0.2) is 52.7 Å². The maximum Gasteiger partial charge on any atom is 0.134 e. The first-order valence-corrected chi connectivity index (χ1v) is 5.75. The van der Waals surface area contributed by atoms with Gasteiger partial charge in [0.15, 0.2) is 0 Å². The predicted octanol–water partition coefficient (Wildman–Crippen LogP) is -0.217. The number of carbonyl (C=O) groups excluding carboxylic acids is 1. The van der Waals surface area contributed by atoms with Crippen LogP contribution in [0.5, 0.6) is 0 Å². The number of nitrogens with zero attached hydrogens (tertiary/aromatic N) is 1. The average Bonchev–Trinajstić information content (AvgIpc) is 2.60. The van der Waals surface area contributed by atoms with E-state index in [4.69, 9.17) is 5.11 Å². The lowest BCUT2D eigenvalue weighted by atomic mass is 9.93. The molecule has 0 aromatic carbocycles. The molecule has 0 aromatic heterocycles. The Kier molecular flexibility index (Phi) is 3.38. The fourth-order valence-electron chi connectivity index (χ4n) is 2.68. The van der Waals surface area contributed by atoms with Crippen LogP contribution in [0.2, 0.25) is 0 Å². The van der Waals surface area contributed by atoms with Gasteiger partial charge in [0.2, 0.25) is 0 Å². The number of likely N-dealkylation sites (tertiary alicyclic amines) is 1. The zero-order valence-corrected chi connectivity index (χ0v) is 8.93. The lowest BCUT2D eigenvalue weighted by Gasteiger charge is -2.30. The first kappa shape index (κ1) is 11.0. The van der Waals surface area contributed by atoms with E-state index in [-0.39, 0.29) is 12.5 Å². The second-order valence-corrected chi connectivity index (χ2v) is 4.75. The van der Waals surface area contributed by atoms with Crippen molar-refractivity contribution in [1.82, 2.24) is 4.90 Å². The number of carbonyl (C=O) groups is 1. The molecule has 0 amide bonds. The molecular weight excluding hydrogens is 194 g/mol. The van der Waals surface area contributed by atoms with Crippen LogP contribution in [0.25, 0.3) is 0 Å². The van der Waals surface area contributed by atoms with Crippen molar-refractivity contribution in [2.45, 2.75) is 37.8 Å². The standard InChI is InChI=1S/C11H19NO3/c13-7-8-5-12(6-11(8)15)9-2-1-3-10(14)4-9/h8-9,11,13,15H,1-7H2. The molecule has 1 heterocycles. The Morgan fingerprint density at radius 3 is 2.80 bits per heavy atom. The van der Waals surface area contributed by atoms with Gasteiger partial charge in [-0.3, -0.25) is 9.69 Å². The fourth-order valence-corrected chi connectivity index (χ4v) is 2.68. The minimum atomic E-state index is -0.424. The fraction of sp³-hybridized carbons (Fsp3) is 0.909. The van der Waals surface area contributed by atoms with Gasteiger partial charge in [-0.1, -0.05) is 0 Å². The number of rotatable bonds is 2. The largest absolute Gasteiger partial charge is 0.396 e. The lowest BCUT2D eigenvalue weighted by Crippen LogP contribution is -2.38. The minimum Gasteiger partial charge on any atom is -0.396 e. The Balaban J connectivity index is 1.91. The maximum atomic E-state index is 11.3. The number of aliphatic hydroxyl groups excluding tert-OH is 2. The first-order chi connectivity index (χ1) is 7.20. The molecule has 2 rings (SSSR count). The highest BCUT2D eigenvalue weighted by Gasteiger charge is 2.36. The summed E-state index contributed by atoms with van der Waals surface area (Å²) in [5.74, 6) is 0.315. The molecule has 0 aromatic rings. The van der Waals surface area contributed by atoms with Crippen LogP contribution in [0.15, 0.2) is 0 Å². The molecule has 0 bridgehead atoms. The van der Waals surface area contributed by atoms with Gasteiger partial charge in [-0.15, -0.1) is 0 Å². The van der Waals surface area contributed by atoms with Crippen LogP contribution in [0.4, 0.5) is 0 Å². The molecule has 4 heteroatoms. The number of Topliss-reactive ketones (excluding diaryl/α,β-unsaturated/α-hetero) is 1. The van der Waals surface area contributed by atoms with Crippen molar-refractivity contribution in [2.24, 2.45) is 5.92 Å². The predicted molar refractivity (Wildman–Crippen MR) is 55.4 cm³/mol. The number of β-amino-alcohol motifs (C(OH)–C–C–N with tert-alkyl or cyclic N) is 1. The van der Waals surface area contributed by atoms with Crippen LogP contribution in [0.3, 0.4) is 0 Å². The quantitative estimate of drug-likeness (QED) is 0.666. The molecule has 1 aliphatic carbocycles. The molecule has 1 aliphatic heterocycles. The maximum absolute atomic E-state index is 11.3. The molecule has 3 atom stereocenters. The van der Waals surface area contributed by atoms with Gasteiger partial charge in [-0.2, -0.15) is 0 Å². The SMILES string of the molecule is O=C1CCCC(N2CC(O)C(CO)C2)C1. The second-order valence-electron chi connectivity index (χ2n) is 4.75. The van der Waals surface area contributed by atoms with E-state index in [1.807, 2.05) is 0 Å². The Bertz CT molecular complexity index is 244. The van der Waals surface area contributed by atoms with E-state index in [0.717, 1.165) is 25.8 Å². The molecule has 0 radical (unpaired) electrons. The van der Waals surface area contributed by atoms with Gasteiger partial charge in [0.25, 0.3) is 0 Å². The van der Waals surface area contributed by atoms with Crippen LogP contribution < -0.4 is 0 Å². The summed E-state index contributed by atoms with van der Waals surface area (Å²) in [4.78, 5) is 13.5. The molecule has 4 nitrogen and oxygen atoms in total. The normalized spacial score (nSPS) is 38.5. The summed E-state index contributed by atoms with van der Waals surface area (Å²) < 4.78 is 0. The van der Waals surface area contributed by atoms with Gasteiger partial charge >= 0.3 is 0 Å². The number of ketones is 1. The van der Waals surface area contributed by atoms with Gasteiger partial charge in [-0.25, -0.2) is 0 Å². The van der Waals surface area contributed by atoms with Crippen molar-refractivity contribution in [3.63, 3.8) is 0 Å². The Hall–Kier alpha value is -0.450. The number of hydrogen-bond acceptors (Lipinski definition) is 4. The van der Waals surface area contributed by atoms with E-state index in [2.05, 4.69) is 4.90 Å². The van der Waals surface area contributed by atoms with Gasteiger partial charge in [0.1, 0.15) is 5.78 Å². The monoisotopic (exact) mass is 213 g/mol. The van der Waals surface area contributed by atoms with E-state index in [0.29, 0.717) is 24.8 Å². The van der Waals surface area contributed by atoms with Gasteiger partial charge < -0.3 is 10.2 Å². The van der Waals surface area contributed by atoms with E-state index in [1.165, 1.54) is 0 Å². The summed E-state index contributed by atoms with van der Waals surface area (Å²) in [7, 11) is 0. The van der Waals surface area contributed by atoms with E-state index < -0.39 is 6.10 Å². The third-order valence-corrected chi connectivity index (χ3v) is 3.64. The molecule has 3 unspecified atom stereocenters. The molecule has 0 spiro atoms. The molecule has 15 heavy (non-hydrogen) atoms. The van der Waals surface area contributed by atoms with Gasteiger partial charge in [0, 0.05) is 44.5 Å². The van der Waals surface area contributed by atoms with Crippen LogP contribution >= 0.6 is 0 Å². The molecule has 86 valence electrons. The van der Waals surface area contributed by atoms with Crippen molar-refractivity contribution in [3.8, 4) is 0 Å². The Labute approximate surface area is 89.9 Å². The summed E-state index contributed by atoms with van der Waals surface area (Å²) >= 11 is 0. The molecule has 2 fully saturated rings. The van der Waals surface area contributed by atoms with Crippen LogP contribution in [-0.2, 0) is 4.79 Å². The molecule has 2 aliphatic rings. The summed E-state index contributed by atoms with van der Waals surface area (Å²) in [5.41, 5.74) is 0. The van der Waals surface area contributed by atoms with Crippen molar-refractivity contribution >= 4 is 5.78 Å². The van der Waals surface area contributed by atoms with E-state index in [1.54, 1.807) is 0 Å². The Morgan fingerprint density at radius 1 is 1.40 bits per heavy atom. The zero-order valence-electron chi connectivity index (χ0n) is 8.93. The van der Waals surface area contributed by atoms with Crippen molar-refractivity contribution < 1.29 is 15.0 Å². The van der Waals surface area contributed by atoms with Crippen LogP contribution in [0.1, 0.15) is 25.7 Å². The summed E-state index contributed by atoms with van der Waals surface area (Å²) in [6.07, 6.45) is 2.95. The second kappa shape index (κ2) is 4.60. The summed E-state index contributed by atoms with van der Waals surface area (Å²) in [5, 5.41) is 18.7. The summed E-state index contributed by atoms with van der Waals surface area (Å²) in [6.45, 7) is 1.39. The third-order valence-electron chi connectivity index (χ3n) is 3.64. The van der Waals surface area contributed by atoms with Crippen LogP contribution in [0, 0.1) is 5.92 Å². The average molecular weight is 213 g/mol. The molecule has 2 N–H and O–H groups in total. The number of aliphatic hydroxyl groups is 2. The van der Waals surface area contributed by atoms with Gasteiger partial charge in [0.05, 0.1) is 6.10 Å². The van der Waals surface area contributed by atoms with Crippen molar-refractivity contribution in [3.05, 3.63) is 0 Å². The highest BCUT2D eigenvalue weighted by Crippen LogP contribution is 2.26. The first-order valence-electron chi connectivity index (χ1n) is 5.75. The summed E-state index contributed by atoms with van der Waals surface area (Å²) in [6, 6.07) is 0.303. The van der Waals surface area contributed by atoms with Gasteiger partial charge in [-0.05, 0) is 12.8 Å². The Morgan fingerprint density at radius 2 is 2.20 bits per heavy atom. The zero-order chi connectivity index (χ0) is 10.8. The highest BCUT2D eigenvalue weighted by atomic mass is 16.3. The highest BCUT2D eigenvalue weighted by molar-refractivity contribution is 5.79. The number of hydrogen-bond donors (Lipinski definition) is 2.